The standard InChI is InChI=1S/C14H18BrF3N2O/c15-12-6-10(2-4-13(12)21-14(16,17)18)8-20-7-9-1-3-11(19)5-9/h2,4,6,9,11,20H,1,3,5,7-8,19H2. The zero-order chi connectivity index (χ0) is 15.5. The van der Waals surface area contributed by atoms with E-state index in [4.69, 9.17) is 5.73 Å². The topological polar surface area (TPSA) is 47.3 Å². The molecule has 0 saturated heterocycles. The Morgan fingerprint density at radius 1 is 1.33 bits per heavy atom. The molecule has 1 aromatic rings. The monoisotopic (exact) mass is 366 g/mol. The summed E-state index contributed by atoms with van der Waals surface area (Å²) in [5.74, 6) is 0.365. The van der Waals surface area contributed by atoms with Crippen molar-refractivity contribution in [2.75, 3.05) is 6.54 Å². The first kappa shape index (κ1) is 16.6. The molecule has 0 bridgehead atoms. The van der Waals surface area contributed by atoms with E-state index in [1.54, 1.807) is 12.1 Å². The molecule has 0 heterocycles. The van der Waals surface area contributed by atoms with Crippen molar-refractivity contribution < 1.29 is 17.9 Å². The van der Waals surface area contributed by atoms with Crippen LogP contribution >= 0.6 is 15.9 Å². The third-order valence-corrected chi connectivity index (χ3v) is 4.19. The smallest absolute Gasteiger partial charge is 0.405 e. The highest BCUT2D eigenvalue weighted by Gasteiger charge is 2.31. The van der Waals surface area contributed by atoms with Crippen molar-refractivity contribution in [1.82, 2.24) is 5.32 Å². The summed E-state index contributed by atoms with van der Waals surface area (Å²) in [7, 11) is 0. The molecule has 0 aliphatic heterocycles. The molecule has 0 radical (unpaired) electrons. The second-order valence-electron chi connectivity index (χ2n) is 5.38. The van der Waals surface area contributed by atoms with E-state index in [9.17, 15) is 13.2 Å². The number of nitrogens with one attached hydrogen (secondary N) is 1. The number of hydrogen-bond acceptors (Lipinski definition) is 3. The fourth-order valence-electron chi connectivity index (χ4n) is 2.58. The van der Waals surface area contributed by atoms with E-state index in [-0.39, 0.29) is 5.75 Å². The van der Waals surface area contributed by atoms with Crippen LogP contribution in [0.25, 0.3) is 0 Å². The SMILES string of the molecule is NC1CCC(CNCc2ccc(OC(F)(F)F)c(Br)c2)C1. The van der Waals surface area contributed by atoms with E-state index < -0.39 is 6.36 Å². The molecule has 7 heteroatoms. The Morgan fingerprint density at radius 2 is 2.10 bits per heavy atom. The van der Waals surface area contributed by atoms with E-state index in [0.717, 1.165) is 31.4 Å². The molecule has 1 aliphatic carbocycles. The number of alkyl halides is 3. The molecule has 2 unspecified atom stereocenters. The lowest BCUT2D eigenvalue weighted by atomic mass is 10.1. The van der Waals surface area contributed by atoms with Crippen molar-refractivity contribution in [3.63, 3.8) is 0 Å². The average Bonchev–Trinajstić information content (AvgIpc) is 2.77. The number of ether oxygens (including phenoxy) is 1. The molecule has 118 valence electrons. The molecular formula is C14H18BrF3N2O. The van der Waals surface area contributed by atoms with Crippen molar-refractivity contribution in [1.29, 1.82) is 0 Å². The fourth-order valence-corrected chi connectivity index (χ4v) is 3.09. The van der Waals surface area contributed by atoms with Gasteiger partial charge in [-0.1, -0.05) is 6.07 Å². The van der Waals surface area contributed by atoms with Gasteiger partial charge in [-0.25, -0.2) is 0 Å². The lowest BCUT2D eigenvalue weighted by Crippen LogP contribution is -2.23. The van der Waals surface area contributed by atoms with Gasteiger partial charge in [0.15, 0.2) is 0 Å². The van der Waals surface area contributed by atoms with E-state index >= 15 is 0 Å². The second kappa shape index (κ2) is 6.98. The fraction of sp³-hybridized carbons (Fsp3) is 0.571. The molecule has 3 nitrogen and oxygen atoms in total. The van der Waals surface area contributed by atoms with Gasteiger partial charge in [-0.15, -0.1) is 13.2 Å². The first-order valence-corrected chi connectivity index (χ1v) is 7.63. The Balaban J connectivity index is 1.83. The van der Waals surface area contributed by atoms with Gasteiger partial charge in [0.1, 0.15) is 5.75 Å². The van der Waals surface area contributed by atoms with Crippen LogP contribution in [0, 0.1) is 5.92 Å². The van der Waals surface area contributed by atoms with Crippen LogP contribution < -0.4 is 15.8 Å². The molecule has 1 saturated carbocycles. The third kappa shape index (κ3) is 5.48. The molecule has 2 atom stereocenters. The number of halogens is 4. The molecule has 1 aliphatic rings. The van der Waals surface area contributed by atoms with Crippen LogP contribution in [0.5, 0.6) is 5.75 Å². The molecule has 0 aromatic heterocycles. The van der Waals surface area contributed by atoms with Crippen LogP contribution in [0.3, 0.4) is 0 Å². The third-order valence-electron chi connectivity index (χ3n) is 3.57. The quantitative estimate of drug-likeness (QED) is 0.837. The molecule has 1 aromatic carbocycles. The summed E-state index contributed by atoms with van der Waals surface area (Å²) in [5.41, 5.74) is 6.76. The van der Waals surface area contributed by atoms with Gasteiger partial charge in [0.2, 0.25) is 0 Å². The lowest BCUT2D eigenvalue weighted by Gasteiger charge is -2.13. The van der Waals surface area contributed by atoms with E-state index in [1.165, 1.54) is 6.07 Å². The van der Waals surface area contributed by atoms with Crippen LogP contribution in [0.1, 0.15) is 24.8 Å². The van der Waals surface area contributed by atoms with Gasteiger partial charge in [-0.2, -0.15) is 0 Å². The normalized spacial score (nSPS) is 22.5. The predicted molar refractivity (Wildman–Crippen MR) is 77.8 cm³/mol. The highest BCUT2D eigenvalue weighted by atomic mass is 79.9. The van der Waals surface area contributed by atoms with Gasteiger partial charge >= 0.3 is 6.36 Å². The molecule has 21 heavy (non-hydrogen) atoms. The Labute approximate surface area is 130 Å². The number of nitrogens with two attached hydrogens (primary N) is 1. The van der Waals surface area contributed by atoms with Crippen molar-refractivity contribution in [2.45, 2.75) is 38.2 Å². The minimum atomic E-state index is -4.68. The van der Waals surface area contributed by atoms with Crippen LogP contribution in [-0.4, -0.2) is 18.9 Å². The number of benzene rings is 1. The predicted octanol–water partition coefficient (Wildman–Crippen LogP) is 3.56. The van der Waals surface area contributed by atoms with Crippen LogP contribution in [0.2, 0.25) is 0 Å². The summed E-state index contributed by atoms with van der Waals surface area (Å²) >= 11 is 3.10. The van der Waals surface area contributed by atoms with Crippen LogP contribution in [-0.2, 0) is 6.54 Å². The lowest BCUT2D eigenvalue weighted by molar-refractivity contribution is -0.274. The summed E-state index contributed by atoms with van der Waals surface area (Å²) in [6.07, 6.45) is -1.43. The summed E-state index contributed by atoms with van der Waals surface area (Å²) in [6, 6.07) is 4.89. The zero-order valence-corrected chi connectivity index (χ0v) is 13.0. The molecule has 0 amide bonds. The first-order chi connectivity index (χ1) is 9.83. The number of hydrogen-bond donors (Lipinski definition) is 2. The minimum Gasteiger partial charge on any atom is -0.405 e. The zero-order valence-electron chi connectivity index (χ0n) is 11.4. The Kier molecular flexibility index (Phi) is 5.51. The average molecular weight is 367 g/mol. The number of rotatable bonds is 5. The summed E-state index contributed by atoms with van der Waals surface area (Å²) in [4.78, 5) is 0. The highest BCUT2D eigenvalue weighted by molar-refractivity contribution is 9.10. The van der Waals surface area contributed by atoms with Gasteiger partial charge in [-0.3, -0.25) is 0 Å². The van der Waals surface area contributed by atoms with Crippen molar-refractivity contribution >= 4 is 15.9 Å². The Hall–Kier alpha value is -0.790. The van der Waals surface area contributed by atoms with Gasteiger partial charge in [0.25, 0.3) is 0 Å². The second-order valence-corrected chi connectivity index (χ2v) is 6.24. The molecule has 3 N–H and O–H groups in total. The molecule has 2 rings (SSSR count). The van der Waals surface area contributed by atoms with Crippen molar-refractivity contribution in [3.8, 4) is 5.75 Å². The van der Waals surface area contributed by atoms with E-state index in [2.05, 4.69) is 26.0 Å². The van der Waals surface area contributed by atoms with Crippen LogP contribution in [0.4, 0.5) is 13.2 Å². The van der Waals surface area contributed by atoms with Gasteiger partial charge < -0.3 is 15.8 Å². The Bertz CT molecular complexity index is 482. The van der Waals surface area contributed by atoms with Gasteiger partial charge in [-0.05, 0) is 65.4 Å². The van der Waals surface area contributed by atoms with Crippen LogP contribution in [0.15, 0.2) is 22.7 Å². The molecular weight excluding hydrogens is 349 g/mol. The largest absolute Gasteiger partial charge is 0.573 e. The van der Waals surface area contributed by atoms with E-state index in [1.807, 2.05) is 0 Å². The van der Waals surface area contributed by atoms with Crippen molar-refractivity contribution in [2.24, 2.45) is 11.7 Å². The summed E-state index contributed by atoms with van der Waals surface area (Å²) in [6.45, 7) is 1.49. The Morgan fingerprint density at radius 3 is 2.67 bits per heavy atom. The first-order valence-electron chi connectivity index (χ1n) is 6.84. The highest BCUT2D eigenvalue weighted by Crippen LogP contribution is 2.31. The maximum Gasteiger partial charge on any atom is 0.573 e. The molecule has 1 fully saturated rings. The van der Waals surface area contributed by atoms with Gasteiger partial charge in [0, 0.05) is 12.6 Å². The maximum absolute atomic E-state index is 12.2. The van der Waals surface area contributed by atoms with Crippen molar-refractivity contribution in [3.05, 3.63) is 28.2 Å². The molecule has 0 spiro atoms. The van der Waals surface area contributed by atoms with E-state index in [0.29, 0.717) is 23.0 Å². The van der Waals surface area contributed by atoms with Gasteiger partial charge in [0.05, 0.1) is 4.47 Å². The minimum absolute atomic E-state index is 0.229. The summed E-state index contributed by atoms with van der Waals surface area (Å²) < 4.78 is 40.7. The maximum atomic E-state index is 12.2. The summed E-state index contributed by atoms with van der Waals surface area (Å²) in [5, 5.41) is 3.32.